The number of hydrogen-bond acceptors (Lipinski definition) is 4. The average molecular weight is 277 g/mol. The van der Waals surface area contributed by atoms with Crippen molar-refractivity contribution in [2.45, 2.75) is 55.7 Å². The van der Waals surface area contributed by atoms with Gasteiger partial charge < -0.3 is 0 Å². The number of rotatable bonds is 3. The van der Waals surface area contributed by atoms with Gasteiger partial charge in [-0.25, -0.2) is 0 Å². The number of aromatic nitrogens is 1. The van der Waals surface area contributed by atoms with Gasteiger partial charge in [-0.1, -0.05) is 6.07 Å². The van der Waals surface area contributed by atoms with E-state index >= 15 is 0 Å². The molecule has 19 heavy (non-hydrogen) atoms. The van der Waals surface area contributed by atoms with Gasteiger partial charge in [0.25, 0.3) is 0 Å². The van der Waals surface area contributed by atoms with Gasteiger partial charge >= 0.3 is 0 Å². The second-order valence-electron chi connectivity index (χ2n) is 5.96. The number of nitrogens with zero attached hydrogens (tertiary/aromatic N) is 1. The summed E-state index contributed by atoms with van der Waals surface area (Å²) in [5, 5.41) is 0. The quantitative estimate of drug-likeness (QED) is 0.659. The zero-order valence-electron chi connectivity index (χ0n) is 11.6. The summed E-state index contributed by atoms with van der Waals surface area (Å²) in [6, 6.07) is 4.61. The number of fused-ring (bicyclic) bond motifs is 1. The fourth-order valence-electron chi connectivity index (χ4n) is 3.73. The van der Waals surface area contributed by atoms with Crippen molar-refractivity contribution in [3.8, 4) is 0 Å². The summed E-state index contributed by atoms with van der Waals surface area (Å²) in [5.41, 5.74) is 5.84. The molecular formula is C15H23N3S. The first-order chi connectivity index (χ1) is 9.24. The van der Waals surface area contributed by atoms with E-state index in [9.17, 15) is 0 Å². The fourth-order valence-corrected chi connectivity index (χ4v) is 5.19. The van der Waals surface area contributed by atoms with E-state index in [1.165, 1.54) is 49.1 Å². The van der Waals surface area contributed by atoms with E-state index < -0.39 is 0 Å². The predicted octanol–water partition coefficient (Wildman–Crippen LogP) is 2.62. The topological polar surface area (TPSA) is 50.9 Å². The first kappa shape index (κ1) is 13.4. The van der Waals surface area contributed by atoms with Crippen molar-refractivity contribution in [1.29, 1.82) is 0 Å². The normalized spacial score (nSPS) is 32.0. The number of thioether (sulfide) groups is 1. The first-order valence-corrected chi connectivity index (χ1v) is 8.27. The molecule has 104 valence electrons. The standard InChI is InChI=1S/C15H23N3S/c1-15(8-4-10-19-15)14(18-16)12-7-2-5-11-6-3-9-17-13(11)12/h3,6,9,12,14,18H,2,4-5,7-8,10,16H2,1H3. The molecule has 3 nitrogen and oxygen atoms in total. The van der Waals surface area contributed by atoms with Crippen molar-refractivity contribution < 1.29 is 0 Å². The maximum Gasteiger partial charge on any atom is 0.0483 e. The van der Waals surface area contributed by atoms with Crippen LogP contribution in [0.2, 0.25) is 0 Å². The molecule has 1 fully saturated rings. The maximum absolute atomic E-state index is 5.93. The van der Waals surface area contributed by atoms with E-state index in [0.717, 1.165) is 0 Å². The number of nitrogens with one attached hydrogen (secondary N) is 1. The van der Waals surface area contributed by atoms with Crippen LogP contribution in [0.5, 0.6) is 0 Å². The van der Waals surface area contributed by atoms with Gasteiger partial charge in [-0.05, 0) is 56.4 Å². The van der Waals surface area contributed by atoms with Gasteiger partial charge in [0.2, 0.25) is 0 Å². The molecule has 0 spiro atoms. The van der Waals surface area contributed by atoms with E-state index in [1.807, 2.05) is 6.20 Å². The van der Waals surface area contributed by atoms with Crippen molar-refractivity contribution in [2.75, 3.05) is 5.75 Å². The van der Waals surface area contributed by atoms with Crippen molar-refractivity contribution in [1.82, 2.24) is 10.4 Å². The van der Waals surface area contributed by atoms with Gasteiger partial charge in [0.05, 0.1) is 0 Å². The van der Waals surface area contributed by atoms with Crippen LogP contribution in [0.1, 0.15) is 49.8 Å². The summed E-state index contributed by atoms with van der Waals surface area (Å²) in [6.45, 7) is 2.37. The highest BCUT2D eigenvalue weighted by atomic mass is 32.2. The molecule has 4 heteroatoms. The summed E-state index contributed by atoms with van der Waals surface area (Å²) in [7, 11) is 0. The van der Waals surface area contributed by atoms with Crippen molar-refractivity contribution in [2.24, 2.45) is 5.84 Å². The van der Waals surface area contributed by atoms with Crippen LogP contribution in [0.4, 0.5) is 0 Å². The third-order valence-electron chi connectivity index (χ3n) is 4.73. The van der Waals surface area contributed by atoms with E-state index in [1.54, 1.807) is 0 Å². The molecule has 3 atom stereocenters. The molecular weight excluding hydrogens is 254 g/mol. The van der Waals surface area contributed by atoms with E-state index in [4.69, 9.17) is 5.84 Å². The lowest BCUT2D eigenvalue weighted by molar-refractivity contribution is 0.321. The zero-order valence-corrected chi connectivity index (χ0v) is 12.4. The molecule has 1 aliphatic carbocycles. The Balaban J connectivity index is 1.92. The highest BCUT2D eigenvalue weighted by Gasteiger charge is 2.43. The number of nitrogens with two attached hydrogens (primary N) is 1. The zero-order chi connectivity index (χ0) is 13.3. The van der Waals surface area contributed by atoms with Crippen molar-refractivity contribution >= 4 is 11.8 Å². The molecule has 1 aromatic rings. The Morgan fingerprint density at radius 3 is 3.16 bits per heavy atom. The number of hydrogen-bond donors (Lipinski definition) is 2. The molecule has 0 radical (unpaired) electrons. The van der Waals surface area contributed by atoms with Gasteiger partial charge in [0, 0.05) is 28.6 Å². The number of aryl methyl sites for hydroxylation is 1. The van der Waals surface area contributed by atoms with Crippen LogP contribution in [0.25, 0.3) is 0 Å². The minimum atomic E-state index is 0.256. The molecule has 0 aromatic carbocycles. The van der Waals surface area contributed by atoms with Crippen LogP contribution in [-0.4, -0.2) is 21.5 Å². The van der Waals surface area contributed by atoms with Crippen LogP contribution in [0.15, 0.2) is 18.3 Å². The molecule has 1 saturated heterocycles. The molecule has 0 amide bonds. The van der Waals surface area contributed by atoms with Crippen LogP contribution >= 0.6 is 11.8 Å². The van der Waals surface area contributed by atoms with Gasteiger partial charge in [0.1, 0.15) is 0 Å². The van der Waals surface area contributed by atoms with Crippen molar-refractivity contribution in [3.63, 3.8) is 0 Å². The third-order valence-corrected chi connectivity index (χ3v) is 6.34. The molecule has 2 heterocycles. The minimum Gasteiger partial charge on any atom is -0.271 e. The molecule has 0 saturated carbocycles. The van der Waals surface area contributed by atoms with E-state index in [-0.39, 0.29) is 4.75 Å². The molecule has 1 aliphatic heterocycles. The van der Waals surface area contributed by atoms with Gasteiger partial charge in [-0.2, -0.15) is 11.8 Å². The summed E-state index contributed by atoms with van der Waals surface area (Å²) in [6.07, 6.45) is 8.11. The lowest BCUT2D eigenvalue weighted by Crippen LogP contribution is -2.53. The Bertz CT molecular complexity index is 443. The Hall–Kier alpha value is -0.580. The smallest absolute Gasteiger partial charge is 0.0483 e. The van der Waals surface area contributed by atoms with Gasteiger partial charge in [-0.15, -0.1) is 0 Å². The molecule has 2 aliphatic rings. The average Bonchev–Trinajstić information content (AvgIpc) is 2.87. The van der Waals surface area contributed by atoms with E-state index in [0.29, 0.717) is 12.0 Å². The lowest BCUT2D eigenvalue weighted by atomic mass is 9.77. The second kappa shape index (κ2) is 5.43. The van der Waals surface area contributed by atoms with Crippen LogP contribution < -0.4 is 11.3 Å². The SMILES string of the molecule is CC1(C(NN)C2CCCc3cccnc32)CCCS1. The highest BCUT2D eigenvalue weighted by molar-refractivity contribution is 8.00. The fraction of sp³-hybridized carbons (Fsp3) is 0.667. The predicted molar refractivity (Wildman–Crippen MR) is 81.1 cm³/mol. The Kier molecular flexibility index (Phi) is 3.83. The monoisotopic (exact) mass is 277 g/mol. The second-order valence-corrected chi connectivity index (χ2v) is 7.59. The Morgan fingerprint density at radius 2 is 2.42 bits per heavy atom. The molecule has 3 unspecified atom stereocenters. The van der Waals surface area contributed by atoms with Gasteiger partial charge in [0.15, 0.2) is 0 Å². The highest BCUT2D eigenvalue weighted by Crippen LogP contribution is 2.46. The molecule has 3 N–H and O–H groups in total. The van der Waals surface area contributed by atoms with Crippen LogP contribution in [0, 0.1) is 0 Å². The molecule has 0 bridgehead atoms. The van der Waals surface area contributed by atoms with Crippen molar-refractivity contribution in [3.05, 3.63) is 29.6 Å². The Morgan fingerprint density at radius 1 is 1.53 bits per heavy atom. The van der Waals surface area contributed by atoms with Crippen LogP contribution in [0.3, 0.4) is 0 Å². The maximum atomic E-state index is 5.93. The lowest BCUT2D eigenvalue weighted by Gasteiger charge is -2.40. The molecule has 3 rings (SSSR count). The first-order valence-electron chi connectivity index (χ1n) is 7.28. The summed E-state index contributed by atoms with van der Waals surface area (Å²) < 4.78 is 0.256. The summed E-state index contributed by atoms with van der Waals surface area (Å²) >= 11 is 2.08. The number of pyridine rings is 1. The third kappa shape index (κ3) is 2.41. The molecule has 1 aromatic heterocycles. The number of hydrazine groups is 1. The minimum absolute atomic E-state index is 0.256. The van der Waals surface area contributed by atoms with E-state index in [2.05, 4.69) is 41.2 Å². The summed E-state index contributed by atoms with van der Waals surface area (Å²) in [4.78, 5) is 4.67. The van der Waals surface area contributed by atoms with Gasteiger partial charge in [-0.3, -0.25) is 16.3 Å². The Labute approximate surface area is 119 Å². The largest absolute Gasteiger partial charge is 0.271 e. The van der Waals surface area contributed by atoms with Crippen LogP contribution in [-0.2, 0) is 6.42 Å². The summed E-state index contributed by atoms with van der Waals surface area (Å²) in [5.74, 6) is 7.66.